The number of hydrogen-bond donors (Lipinski definition) is 1. The number of hydrogen-bond acceptors (Lipinski definition) is 3. The zero-order valence-electron chi connectivity index (χ0n) is 6.94. The molecule has 4 nitrogen and oxygen atoms in total. The number of nitrogens with zero attached hydrogens (tertiary/aromatic N) is 1. The number of aromatic nitrogens is 1. The van der Waals surface area contributed by atoms with Crippen LogP contribution in [0.5, 0.6) is 5.88 Å². The minimum absolute atomic E-state index is 0.118. The van der Waals surface area contributed by atoms with Gasteiger partial charge in [-0.05, 0) is 6.07 Å². The van der Waals surface area contributed by atoms with Gasteiger partial charge in [-0.3, -0.25) is 0 Å². The quantitative estimate of drug-likeness (QED) is 0.678. The summed E-state index contributed by atoms with van der Waals surface area (Å²) in [5, 5.41) is 8.64. The van der Waals surface area contributed by atoms with Gasteiger partial charge in [0.1, 0.15) is 0 Å². The Morgan fingerprint density at radius 2 is 2.38 bits per heavy atom. The van der Waals surface area contributed by atoms with E-state index in [1.165, 1.54) is 19.2 Å². The van der Waals surface area contributed by atoms with Crippen LogP contribution in [0, 0.1) is 12.3 Å². The highest BCUT2D eigenvalue weighted by Crippen LogP contribution is 2.11. The van der Waals surface area contributed by atoms with E-state index >= 15 is 0 Å². The highest BCUT2D eigenvalue weighted by molar-refractivity contribution is 5.85. The highest BCUT2D eigenvalue weighted by atomic mass is 16.5. The van der Waals surface area contributed by atoms with E-state index in [1.807, 2.05) is 0 Å². The number of ether oxygens (including phenoxy) is 1. The summed E-state index contributed by atoms with van der Waals surface area (Å²) in [5.74, 6) is 1.39. The molecule has 1 N–H and O–H groups in total. The molecule has 66 valence electrons. The molecule has 0 unspecified atom stereocenters. The number of carboxylic acid groups (broad SMARTS) is 1. The van der Waals surface area contributed by atoms with E-state index in [0.717, 1.165) is 0 Å². The van der Waals surface area contributed by atoms with Crippen LogP contribution < -0.4 is 4.74 Å². The van der Waals surface area contributed by atoms with Gasteiger partial charge in [0.05, 0.1) is 7.11 Å². The fourth-order valence-electron chi connectivity index (χ4n) is 0.803. The van der Waals surface area contributed by atoms with E-state index in [9.17, 15) is 4.79 Å². The van der Waals surface area contributed by atoms with E-state index in [2.05, 4.69) is 10.9 Å². The van der Waals surface area contributed by atoms with Crippen LogP contribution in [0.4, 0.5) is 0 Å². The Hall–Kier alpha value is -2.02. The van der Waals surface area contributed by atoms with Gasteiger partial charge in [0.15, 0.2) is 5.69 Å². The predicted octanol–water partition coefficient (Wildman–Crippen LogP) is 0.770. The average Bonchev–Trinajstić information content (AvgIpc) is 2.16. The Morgan fingerprint density at radius 3 is 2.85 bits per heavy atom. The summed E-state index contributed by atoms with van der Waals surface area (Å²) < 4.78 is 4.78. The largest absolute Gasteiger partial charge is 0.481 e. The molecule has 0 saturated carbocycles. The summed E-state index contributed by atoms with van der Waals surface area (Å²) in [6.45, 7) is 0. The van der Waals surface area contributed by atoms with Crippen molar-refractivity contribution < 1.29 is 14.6 Å². The molecule has 0 radical (unpaired) electrons. The second-order valence-corrected chi connectivity index (χ2v) is 2.23. The summed E-state index contributed by atoms with van der Waals surface area (Å²) in [4.78, 5) is 14.2. The first kappa shape index (κ1) is 9.07. The minimum atomic E-state index is -1.13. The second kappa shape index (κ2) is 3.59. The smallest absolute Gasteiger partial charge is 0.354 e. The van der Waals surface area contributed by atoms with Gasteiger partial charge < -0.3 is 9.84 Å². The lowest BCUT2D eigenvalue weighted by molar-refractivity contribution is 0.0689. The Morgan fingerprint density at radius 1 is 1.69 bits per heavy atom. The molecule has 0 aliphatic carbocycles. The lowest BCUT2D eigenvalue weighted by Crippen LogP contribution is -2.02. The van der Waals surface area contributed by atoms with Crippen molar-refractivity contribution in [3.05, 3.63) is 23.4 Å². The number of pyridine rings is 1. The first-order chi connectivity index (χ1) is 6.17. The zero-order valence-corrected chi connectivity index (χ0v) is 6.94. The number of terminal acetylenes is 1. The lowest BCUT2D eigenvalue weighted by Gasteiger charge is -2.00. The van der Waals surface area contributed by atoms with Gasteiger partial charge in [-0.1, -0.05) is 5.92 Å². The monoisotopic (exact) mass is 177 g/mol. The van der Waals surface area contributed by atoms with Crippen LogP contribution in [0.3, 0.4) is 0 Å². The van der Waals surface area contributed by atoms with Gasteiger partial charge >= 0.3 is 5.97 Å². The van der Waals surface area contributed by atoms with Gasteiger partial charge in [-0.2, -0.15) is 0 Å². The number of rotatable bonds is 2. The van der Waals surface area contributed by atoms with Crippen LogP contribution in [0.15, 0.2) is 12.1 Å². The van der Waals surface area contributed by atoms with E-state index in [1.54, 1.807) is 0 Å². The first-order valence-electron chi connectivity index (χ1n) is 3.43. The zero-order chi connectivity index (χ0) is 9.84. The maximum absolute atomic E-state index is 10.6. The van der Waals surface area contributed by atoms with Crippen LogP contribution >= 0.6 is 0 Å². The lowest BCUT2D eigenvalue weighted by atomic mass is 10.2. The Balaban J connectivity index is 3.24. The van der Waals surface area contributed by atoms with E-state index in [4.69, 9.17) is 16.3 Å². The highest BCUT2D eigenvalue weighted by Gasteiger charge is 2.07. The van der Waals surface area contributed by atoms with Crippen molar-refractivity contribution in [2.45, 2.75) is 0 Å². The minimum Gasteiger partial charge on any atom is -0.481 e. The average molecular weight is 177 g/mol. The van der Waals surface area contributed by atoms with Crippen molar-refractivity contribution in [1.82, 2.24) is 4.98 Å². The molecule has 1 aromatic rings. The van der Waals surface area contributed by atoms with Gasteiger partial charge in [-0.25, -0.2) is 9.78 Å². The summed E-state index contributed by atoms with van der Waals surface area (Å²) in [6, 6.07) is 2.80. The molecule has 0 saturated heterocycles. The maximum Gasteiger partial charge on any atom is 0.354 e. The molecular weight excluding hydrogens is 170 g/mol. The Kier molecular flexibility index (Phi) is 2.50. The van der Waals surface area contributed by atoms with Gasteiger partial charge in [-0.15, -0.1) is 6.42 Å². The predicted molar refractivity (Wildman–Crippen MR) is 45.7 cm³/mol. The van der Waals surface area contributed by atoms with Crippen molar-refractivity contribution >= 4 is 5.97 Å². The van der Waals surface area contributed by atoms with Crippen molar-refractivity contribution in [2.24, 2.45) is 0 Å². The molecule has 0 aromatic carbocycles. The van der Waals surface area contributed by atoms with Crippen LogP contribution in [-0.4, -0.2) is 23.2 Å². The first-order valence-corrected chi connectivity index (χ1v) is 3.43. The van der Waals surface area contributed by atoms with Crippen molar-refractivity contribution in [2.75, 3.05) is 7.11 Å². The molecule has 0 aliphatic heterocycles. The van der Waals surface area contributed by atoms with Crippen molar-refractivity contribution in [1.29, 1.82) is 0 Å². The van der Waals surface area contributed by atoms with Crippen molar-refractivity contribution in [3.8, 4) is 18.2 Å². The van der Waals surface area contributed by atoms with Gasteiger partial charge in [0.2, 0.25) is 5.88 Å². The number of methoxy groups -OCH3 is 1. The molecule has 0 spiro atoms. The van der Waals surface area contributed by atoms with Crippen LogP contribution in [0.1, 0.15) is 16.1 Å². The molecule has 0 atom stereocenters. The van der Waals surface area contributed by atoms with E-state index in [0.29, 0.717) is 5.56 Å². The SMILES string of the molecule is C#Cc1cc(OC)nc(C(=O)O)c1. The van der Waals surface area contributed by atoms with Gasteiger partial charge in [0, 0.05) is 11.6 Å². The summed E-state index contributed by atoms with van der Waals surface area (Å²) >= 11 is 0. The summed E-state index contributed by atoms with van der Waals surface area (Å²) in [5.41, 5.74) is 0.316. The molecular formula is C9H7NO3. The normalized spacial score (nSPS) is 8.92. The summed E-state index contributed by atoms with van der Waals surface area (Å²) in [7, 11) is 1.40. The molecule has 1 aromatic heterocycles. The van der Waals surface area contributed by atoms with E-state index in [-0.39, 0.29) is 11.6 Å². The number of carbonyl (C=O) groups is 1. The Bertz CT molecular complexity index is 379. The molecule has 0 amide bonds. The molecule has 0 bridgehead atoms. The fourth-order valence-corrected chi connectivity index (χ4v) is 0.803. The second-order valence-electron chi connectivity index (χ2n) is 2.23. The van der Waals surface area contributed by atoms with Crippen LogP contribution in [0.2, 0.25) is 0 Å². The summed E-state index contributed by atoms with van der Waals surface area (Å²) in [6.07, 6.45) is 5.12. The third-order valence-corrected chi connectivity index (χ3v) is 1.40. The molecule has 1 rings (SSSR count). The topological polar surface area (TPSA) is 59.4 Å². The fraction of sp³-hybridized carbons (Fsp3) is 0.111. The number of aromatic carboxylic acids is 1. The van der Waals surface area contributed by atoms with Crippen LogP contribution in [0.25, 0.3) is 0 Å². The third kappa shape index (κ3) is 1.97. The molecule has 1 heterocycles. The van der Waals surface area contributed by atoms with Crippen molar-refractivity contribution in [3.63, 3.8) is 0 Å². The van der Waals surface area contributed by atoms with E-state index < -0.39 is 5.97 Å². The molecule has 0 aliphatic rings. The van der Waals surface area contributed by atoms with Crippen LogP contribution in [-0.2, 0) is 0 Å². The molecule has 4 heteroatoms. The standard InChI is InChI=1S/C9H7NO3/c1-3-6-4-7(9(11)12)10-8(5-6)13-2/h1,4-5H,2H3,(H,11,12). The number of carboxylic acids is 1. The maximum atomic E-state index is 10.6. The molecule has 13 heavy (non-hydrogen) atoms. The Labute approximate surface area is 75.2 Å². The van der Waals surface area contributed by atoms with Gasteiger partial charge in [0.25, 0.3) is 0 Å². The third-order valence-electron chi connectivity index (χ3n) is 1.40. The molecule has 0 fully saturated rings.